The van der Waals surface area contributed by atoms with Crippen LogP contribution in [0.1, 0.15) is 11.3 Å². The largest absolute Gasteiger partial charge is 0.435 e. The van der Waals surface area contributed by atoms with Crippen molar-refractivity contribution in [2.75, 3.05) is 5.75 Å². The molecule has 0 bridgehead atoms. The zero-order valence-corrected chi connectivity index (χ0v) is 17.2. The van der Waals surface area contributed by atoms with Gasteiger partial charge in [0.05, 0.1) is 17.1 Å². The zero-order chi connectivity index (χ0) is 21.4. The topological polar surface area (TPSA) is 17.8 Å². The van der Waals surface area contributed by atoms with Gasteiger partial charge in [0.25, 0.3) is 0 Å². The molecule has 0 aliphatic heterocycles. The first-order chi connectivity index (χ1) is 13.4. The average Bonchev–Trinajstić information content (AvgIpc) is 3.06. The SMILES string of the molecule is Cc1ccc(-c2cc(C(F)(F)F)nn2-c2cccc(Br)c2)cc1SCC(F)(F)F. The first-order valence-corrected chi connectivity index (χ1v) is 9.96. The van der Waals surface area contributed by atoms with Gasteiger partial charge >= 0.3 is 12.4 Å². The molecular formula is C19H13BrF6N2S. The van der Waals surface area contributed by atoms with E-state index in [-0.39, 0.29) is 5.69 Å². The highest BCUT2D eigenvalue weighted by atomic mass is 79.9. The van der Waals surface area contributed by atoms with Crippen LogP contribution in [-0.4, -0.2) is 21.7 Å². The van der Waals surface area contributed by atoms with E-state index >= 15 is 0 Å². The maximum absolute atomic E-state index is 13.3. The predicted octanol–water partition coefficient (Wildman–Crippen LogP) is 7.28. The summed E-state index contributed by atoms with van der Waals surface area (Å²) in [7, 11) is 0. The maximum atomic E-state index is 13.3. The third-order valence-corrected chi connectivity index (χ3v) is 5.64. The number of aromatic nitrogens is 2. The number of benzene rings is 2. The van der Waals surface area contributed by atoms with Crippen molar-refractivity contribution >= 4 is 27.7 Å². The predicted molar refractivity (Wildman–Crippen MR) is 103 cm³/mol. The molecule has 1 heterocycles. The van der Waals surface area contributed by atoms with Crippen molar-refractivity contribution < 1.29 is 26.3 Å². The molecule has 0 spiro atoms. The number of rotatable bonds is 4. The van der Waals surface area contributed by atoms with E-state index in [1.165, 1.54) is 6.07 Å². The molecule has 154 valence electrons. The molecule has 0 aliphatic rings. The molecule has 0 radical (unpaired) electrons. The Balaban J connectivity index is 2.11. The lowest BCUT2D eigenvalue weighted by Crippen LogP contribution is -2.10. The summed E-state index contributed by atoms with van der Waals surface area (Å²) in [5.41, 5.74) is 0.368. The first-order valence-electron chi connectivity index (χ1n) is 8.18. The third-order valence-electron chi connectivity index (χ3n) is 3.93. The maximum Gasteiger partial charge on any atom is 0.435 e. The second-order valence-electron chi connectivity index (χ2n) is 6.19. The fraction of sp³-hybridized carbons (Fsp3) is 0.211. The summed E-state index contributed by atoms with van der Waals surface area (Å²) in [6.07, 6.45) is -9.01. The van der Waals surface area contributed by atoms with Crippen LogP contribution in [0.15, 0.2) is 57.9 Å². The summed E-state index contributed by atoms with van der Waals surface area (Å²) in [6, 6.07) is 12.1. The van der Waals surface area contributed by atoms with E-state index in [0.29, 0.717) is 37.9 Å². The molecule has 0 saturated carbocycles. The Morgan fingerprint density at radius 1 is 1.00 bits per heavy atom. The van der Waals surface area contributed by atoms with E-state index < -0.39 is 23.8 Å². The minimum Gasteiger partial charge on any atom is -0.232 e. The van der Waals surface area contributed by atoms with Gasteiger partial charge in [-0.2, -0.15) is 31.4 Å². The molecule has 0 N–H and O–H groups in total. The van der Waals surface area contributed by atoms with Crippen LogP contribution in [0, 0.1) is 6.92 Å². The quantitative estimate of drug-likeness (QED) is 0.280. The molecule has 2 nitrogen and oxygen atoms in total. The third kappa shape index (κ3) is 5.36. The van der Waals surface area contributed by atoms with Gasteiger partial charge in [0, 0.05) is 14.9 Å². The lowest BCUT2D eigenvalue weighted by Gasteiger charge is -2.12. The normalized spacial score (nSPS) is 12.4. The Bertz CT molecular complexity index is 1030. The number of thioether (sulfide) groups is 1. The van der Waals surface area contributed by atoms with Crippen LogP contribution in [-0.2, 0) is 6.18 Å². The van der Waals surface area contributed by atoms with Gasteiger partial charge in [0.15, 0.2) is 5.69 Å². The molecule has 0 unspecified atom stereocenters. The summed E-state index contributed by atoms with van der Waals surface area (Å²) in [5.74, 6) is -1.09. The molecular weight excluding hydrogens is 482 g/mol. The van der Waals surface area contributed by atoms with Crippen molar-refractivity contribution in [2.24, 2.45) is 0 Å². The van der Waals surface area contributed by atoms with Gasteiger partial charge in [-0.3, -0.25) is 0 Å². The number of alkyl halides is 6. The van der Waals surface area contributed by atoms with Crippen LogP contribution in [0.4, 0.5) is 26.3 Å². The first kappa shape index (κ1) is 21.8. The van der Waals surface area contributed by atoms with E-state index in [1.807, 2.05) is 0 Å². The second-order valence-corrected chi connectivity index (χ2v) is 8.12. The van der Waals surface area contributed by atoms with Gasteiger partial charge in [-0.25, -0.2) is 4.68 Å². The number of hydrogen-bond donors (Lipinski definition) is 0. The van der Waals surface area contributed by atoms with Crippen LogP contribution in [0.5, 0.6) is 0 Å². The molecule has 0 atom stereocenters. The Morgan fingerprint density at radius 2 is 1.72 bits per heavy atom. The van der Waals surface area contributed by atoms with Crippen molar-refractivity contribution in [1.29, 1.82) is 0 Å². The molecule has 2 aromatic carbocycles. The van der Waals surface area contributed by atoms with Crippen LogP contribution in [0.3, 0.4) is 0 Å². The standard InChI is InChI=1S/C19H13BrF6N2S/c1-11-5-6-12(7-16(11)29-10-18(21,22)23)15-9-17(19(24,25)26)27-28(15)14-4-2-3-13(20)8-14/h2-9H,10H2,1H3. The van der Waals surface area contributed by atoms with Crippen molar-refractivity contribution in [3.8, 4) is 16.9 Å². The van der Waals surface area contributed by atoms with E-state index in [4.69, 9.17) is 0 Å². The number of nitrogens with zero attached hydrogens (tertiary/aromatic N) is 2. The molecule has 0 amide bonds. The summed E-state index contributed by atoms with van der Waals surface area (Å²) >= 11 is 3.87. The number of hydrogen-bond acceptors (Lipinski definition) is 2. The minimum absolute atomic E-state index is 0.129. The highest BCUT2D eigenvalue weighted by Crippen LogP contribution is 2.36. The molecule has 29 heavy (non-hydrogen) atoms. The highest BCUT2D eigenvalue weighted by molar-refractivity contribution is 9.10. The Morgan fingerprint density at radius 3 is 2.34 bits per heavy atom. The molecule has 10 heteroatoms. The molecule has 0 saturated heterocycles. The molecule has 0 fully saturated rings. The summed E-state index contributed by atoms with van der Waals surface area (Å²) in [4.78, 5) is 0.343. The van der Waals surface area contributed by atoms with E-state index in [1.54, 1.807) is 43.3 Å². The van der Waals surface area contributed by atoms with Gasteiger partial charge in [-0.05, 0) is 42.8 Å². The lowest BCUT2D eigenvalue weighted by atomic mass is 10.1. The van der Waals surface area contributed by atoms with E-state index in [2.05, 4.69) is 21.0 Å². The van der Waals surface area contributed by atoms with Gasteiger partial charge in [0.1, 0.15) is 0 Å². The number of halogens is 7. The van der Waals surface area contributed by atoms with Crippen molar-refractivity contribution in [1.82, 2.24) is 9.78 Å². The van der Waals surface area contributed by atoms with Gasteiger partial charge < -0.3 is 0 Å². The monoisotopic (exact) mass is 494 g/mol. The Labute approximate surface area is 175 Å². The minimum atomic E-state index is -4.66. The highest BCUT2D eigenvalue weighted by Gasteiger charge is 2.35. The molecule has 1 aromatic heterocycles. The summed E-state index contributed by atoms with van der Waals surface area (Å²) < 4.78 is 79.4. The smallest absolute Gasteiger partial charge is 0.232 e. The Kier molecular flexibility index (Phi) is 6.05. The molecule has 0 aliphatic carbocycles. The molecule has 3 aromatic rings. The van der Waals surface area contributed by atoms with Crippen LogP contribution < -0.4 is 0 Å². The van der Waals surface area contributed by atoms with Crippen molar-refractivity contribution in [2.45, 2.75) is 24.2 Å². The average molecular weight is 495 g/mol. The van der Waals surface area contributed by atoms with Gasteiger partial charge in [-0.1, -0.05) is 34.1 Å². The van der Waals surface area contributed by atoms with E-state index in [9.17, 15) is 26.3 Å². The van der Waals surface area contributed by atoms with Crippen LogP contribution in [0.2, 0.25) is 0 Å². The van der Waals surface area contributed by atoms with Gasteiger partial charge in [0.2, 0.25) is 0 Å². The Hall–Kier alpha value is -1.94. The summed E-state index contributed by atoms with van der Waals surface area (Å²) in [5, 5.41) is 3.69. The van der Waals surface area contributed by atoms with Crippen molar-refractivity contribution in [3.05, 3.63) is 64.3 Å². The van der Waals surface area contributed by atoms with Crippen LogP contribution in [0.25, 0.3) is 16.9 Å². The lowest BCUT2D eigenvalue weighted by molar-refractivity contribution is -0.141. The number of aryl methyl sites for hydroxylation is 1. The van der Waals surface area contributed by atoms with Crippen LogP contribution >= 0.6 is 27.7 Å². The molecule has 3 rings (SSSR count). The fourth-order valence-electron chi connectivity index (χ4n) is 2.60. The van der Waals surface area contributed by atoms with Crippen molar-refractivity contribution in [3.63, 3.8) is 0 Å². The van der Waals surface area contributed by atoms with E-state index in [0.717, 1.165) is 10.7 Å². The zero-order valence-electron chi connectivity index (χ0n) is 14.8. The fourth-order valence-corrected chi connectivity index (χ4v) is 3.82. The summed E-state index contributed by atoms with van der Waals surface area (Å²) in [6.45, 7) is 1.65. The second kappa shape index (κ2) is 8.06. The van der Waals surface area contributed by atoms with Gasteiger partial charge in [-0.15, -0.1) is 11.8 Å².